The summed E-state index contributed by atoms with van der Waals surface area (Å²) in [4.78, 5) is 11.9. The number of nitrogens with zero attached hydrogens (tertiary/aromatic N) is 3. The molecule has 0 spiro atoms. The molecule has 0 aliphatic rings. The normalized spacial score (nSPS) is 9.95. The topological polar surface area (TPSA) is 70.7 Å². The lowest BCUT2D eigenvalue weighted by Crippen LogP contribution is -2.17. The zero-order valence-electron chi connectivity index (χ0n) is 10.8. The van der Waals surface area contributed by atoms with E-state index in [2.05, 4.69) is 10.4 Å². The number of carbonyl (C=O) groups is 1. The van der Waals surface area contributed by atoms with Crippen LogP contribution in [0.15, 0.2) is 30.3 Å². The predicted molar refractivity (Wildman–Crippen MR) is 71.4 cm³/mol. The van der Waals surface area contributed by atoms with Gasteiger partial charge in [0.1, 0.15) is 6.07 Å². The van der Waals surface area contributed by atoms with Crippen LogP contribution >= 0.6 is 0 Å². The van der Waals surface area contributed by atoms with Crippen LogP contribution in [0, 0.1) is 18.3 Å². The molecule has 5 nitrogen and oxygen atoms in total. The van der Waals surface area contributed by atoms with Gasteiger partial charge in [-0.25, -0.2) is 0 Å². The lowest BCUT2D eigenvalue weighted by atomic mass is 10.2. The minimum Gasteiger partial charge on any atom is -0.325 e. The lowest BCUT2D eigenvalue weighted by Gasteiger charge is -2.06. The highest BCUT2D eigenvalue weighted by molar-refractivity contribution is 5.93. The second-order valence-corrected chi connectivity index (χ2v) is 4.28. The summed E-state index contributed by atoms with van der Waals surface area (Å²) in [5.41, 5.74) is 2.71. The number of carbonyl (C=O) groups excluding carboxylic acids is 1. The van der Waals surface area contributed by atoms with Crippen LogP contribution in [-0.4, -0.2) is 15.7 Å². The number of para-hydroxylation sites is 1. The summed E-state index contributed by atoms with van der Waals surface area (Å²) in [6.07, 6.45) is 0.233. The summed E-state index contributed by atoms with van der Waals surface area (Å²) in [5, 5.41) is 15.9. The van der Waals surface area contributed by atoms with Crippen LogP contribution in [-0.2, 0) is 18.3 Å². The highest BCUT2D eigenvalue weighted by atomic mass is 16.1. The predicted octanol–water partition coefficient (Wildman–Crippen LogP) is 1.78. The van der Waals surface area contributed by atoms with Crippen molar-refractivity contribution < 1.29 is 4.79 Å². The monoisotopic (exact) mass is 254 g/mol. The van der Waals surface area contributed by atoms with Crippen LogP contribution in [0.3, 0.4) is 0 Å². The van der Waals surface area contributed by atoms with E-state index in [0.717, 1.165) is 11.4 Å². The van der Waals surface area contributed by atoms with Crippen LogP contribution in [0.25, 0.3) is 0 Å². The summed E-state index contributed by atoms with van der Waals surface area (Å²) in [6.45, 7) is 1.88. The maximum Gasteiger partial charge on any atom is 0.230 e. The van der Waals surface area contributed by atoms with Crippen LogP contribution in [0.1, 0.15) is 17.0 Å². The fraction of sp³-hybridized carbons (Fsp3) is 0.214. The molecule has 0 atom stereocenters. The molecule has 1 N–H and O–H groups in total. The van der Waals surface area contributed by atoms with Crippen molar-refractivity contribution in [3.8, 4) is 6.07 Å². The second-order valence-electron chi connectivity index (χ2n) is 4.28. The van der Waals surface area contributed by atoms with Gasteiger partial charge in [0.15, 0.2) is 0 Å². The lowest BCUT2D eigenvalue weighted by molar-refractivity contribution is -0.115. The molecular weight excluding hydrogens is 240 g/mol. The van der Waals surface area contributed by atoms with Crippen molar-refractivity contribution in [3.05, 3.63) is 47.3 Å². The fourth-order valence-corrected chi connectivity index (χ4v) is 1.88. The van der Waals surface area contributed by atoms with E-state index < -0.39 is 0 Å². The van der Waals surface area contributed by atoms with Gasteiger partial charge in [-0.15, -0.1) is 0 Å². The molecule has 0 aliphatic carbocycles. The summed E-state index contributed by atoms with van der Waals surface area (Å²) in [7, 11) is 1.80. The van der Waals surface area contributed by atoms with Crippen LogP contribution in [0.5, 0.6) is 0 Å². The first kappa shape index (κ1) is 12.8. The molecule has 0 fully saturated rings. The van der Waals surface area contributed by atoms with E-state index >= 15 is 0 Å². The highest BCUT2D eigenvalue weighted by Crippen LogP contribution is 2.14. The van der Waals surface area contributed by atoms with Crippen molar-refractivity contribution in [2.75, 3.05) is 5.32 Å². The van der Waals surface area contributed by atoms with E-state index in [1.807, 2.05) is 19.1 Å². The molecule has 5 heteroatoms. The molecule has 1 heterocycles. The average Bonchev–Trinajstić information content (AvgIpc) is 2.68. The number of amides is 1. The molecule has 0 bridgehead atoms. The van der Waals surface area contributed by atoms with Crippen LogP contribution in [0.2, 0.25) is 0 Å². The van der Waals surface area contributed by atoms with Crippen molar-refractivity contribution >= 4 is 11.6 Å². The molecule has 0 radical (unpaired) electrons. The molecule has 19 heavy (non-hydrogen) atoms. The zero-order valence-corrected chi connectivity index (χ0v) is 10.8. The van der Waals surface area contributed by atoms with Gasteiger partial charge in [-0.1, -0.05) is 12.1 Å². The number of nitriles is 1. The smallest absolute Gasteiger partial charge is 0.230 e. The molecule has 0 saturated heterocycles. The Morgan fingerprint density at radius 1 is 1.47 bits per heavy atom. The van der Waals surface area contributed by atoms with Gasteiger partial charge in [-0.05, 0) is 25.1 Å². The van der Waals surface area contributed by atoms with E-state index in [-0.39, 0.29) is 12.3 Å². The number of rotatable bonds is 3. The van der Waals surface area contributed by atoms with Crippen molar-refractivity contribution in [1.82, 2.24) is 9.78 Å². The molecular formula is C14H14N4O. The highest BCUT2D eigenvalue weighted by Gasteiger charge is 2.10. The van der Waals surface area contributed by atoms with Gasteiger partial charge in [-0.2, -0.15) is 10.4 Å². The van der Waals surface area contributed by atoms with E-state index in [9.17, 15) is 4.79 Å². The Morgan fingerprint density at radius 2 is 2.21 bits per heavy atom. The quantitative estimate of drug-likeness (QED) is 0.907. The van der Waals surface area contributed by atoms with Gasteiger partial charge in [0.2, 0.25) is 5.91 Å². The largest absolute Gasteiger partial charge is 0.325 e. The Kier molecular flexibility index (Phi) is 3.62. The van der Waals surface area contributed by atoms with E-state index in [1.54, 1.807) is 36.0 Å². The minimum atomic E-state index is -0.161. The maximum absolute atomic E-state index is 11.9. The second kappa shape index (κ2) is 5.36. The molecule has 0 aliphatic heterocycles. The zero-order chi connectivity index (χ0) is 13.8. The van der Waals surface area contributed by atoms with Gasteiger partial charge in [0, 0.05) is 12.7 Å². The Labute approximate surface area is 111 Å². The average molecular weight is 254 g/mol. The Hall–Kier alpha value is -2.61. The van der Waals surface area contributed by atoms with Gasteiger partial charge in [0.25, 0.3) is 0 Å². The summed E-state index contributed by atoms with van der Waals surface area (Å²) < 4.78 is 1.69. The van der Waals surface area contributed by atoms with Crippen molar-refractivity contribution in [2.24, 2.45) is 7.05 Å². The third-order valence-corrected chi connectivity index (χ3v) is 2.76. The van der Waals surface area contributed by atoms with E-state index in [4.69, 9.17) is 5.26 Å². The fourth-order valence-electron chi connectivity index (χ4n) is 1.88. The number of anilines is 1. The Balaban J connectivity index is 2.10. The molecule has 0 saturated carbocycles. The number of benzene rings is 1. The number of aryl methyl sites for hydroxylation is 2. The van der Waals surface area contributed by atoms with Crippen LogP contribution < -0.4 is 5.32 Å². The molecule has 96 valence electrons. The first-order chi connectivity index (χ1) is 9.10. The Bertz CT molecular complexity index is 652. The van der Waals surface area contributed by atoms with Gasteiger partial charge in [-0.3, -0.25) is 9.48 Å². The van der Waals surface area contributed by atoms with Gasteiger partial charge >= 0.3 is 0 Å². The standard InChI is InChI=1S/C14H14N4O/c1-10-7-12(18(2)17-10)8-14(19)16-13-6-4-3-5-11(13)9-15/h3-7H,8H2,1-2H3,(H,16,19). The first-order valence-electron chi connectivity index (χ1n) is 5.88. The van der Waals surface area contributed by atoms with Crippen LogP contribution in [0.4, 0.5) is 5.69 Å². The summed E-state index contributed by atoms with van der Waals surface area (Å²) >= 11 is 0. The number of aromatic nitrogens is 2. The number of hydrogen-bond donors (Lipinski definition) is 1. The third kappa shape index (κ3) is 2.99. The molecule has 0 unspecified atom stereocenters. The molecule has 1 amide bonds. The van der Waals surface area contributed by atoms with Gasteiger partial charge < -0.3 is 5.32 Å². The molecule has 1 aromatic heterocycles. The Morgan fingerprint density at radius 3 is 2.84 bits per heavy atom. The van der Waals surface area contributed by atoms with E-state index in [0.29, 0.717) is 11.3 Å². The maximum atomic E-state index is 11.9. The number of hydrogen-bond acceptors (Lipinski definition) is 3. The molecule has 2 aromatic rings. The molecule has 2 rings (SSSR count). The minimum absolute atomic E-state index is 0.161. The third-order valence-electron chi connectivity index (χ3n) is 2.76. The van der Waals surface area contributed by atoms with Crippen molar-refractivity contribution in [1.29, 1.82) is 5.26 Å². The van der Waals surface area contributed by atoms with Crippen molar-refractivity contribution in [2.45, 2.75) is 13.3 Å². The van der Waals surface area contributed by atoms with Gasteiger partial charge in [0.05, 0.1) is 23.4 Å². The summed E-state index contributed by atoms with van der Waals surface area (Å²) in [6, 6.07) is 10.8. The number of nitrogens with one attached hydrogen (secondary N) is 1. The summed E-state index contributed by atoms with van der Waals surface area (Å²) in [5.74, 6) is -0.161. The van der Waals surface area contributed by atoms with E-state index in [1.165, 1.54) is 0 Å². The first-order valence-corrected chi connectivity index (χ1v) is 5.88. The SMILES string of the molecule is Cc1cc(CC(=O)Nc2ccccc2C#N)n(C)n1. The molecule has 1 aromatic carbocycles. The van der Waals surface area contributed by atoms with Crippen molar-refractivity contribution in [3.63, 3.8) is 0 Å².